The minimum absolute atomic E-state index is 0.0919. The van der Waals surface area contributed by atoms with Crippen molar-refractivity contribution >= 4 is 17.5 Å². The molecule has 3 nitrogen and oxygen atoms in total. The number of rotatable bonds is 4. The molecule has 1 saturated heterocycles. The van der Waals surface area contributed by atoms with Crippen LogP contribution in [0, 0.1) is 11.3 Å². The highest BCUT2D eigenvalue weighted by molar-refractivity contribution is 6.30. The number of hydrogen-bond donors (Lipinski definition) is 2. The summed E-state index contributed by atoms with van der Waals surface area (Å²) in [6, 6.07) is 8.29. The van der Waals surface area contributed by atoms with E-state index in [1.807, 2.05) is 12.1 Å². The topological polar surface area (TPSA) is 41.1 Å². The van der Waals surface area contributed by atoms with Crippen LogP contribution in [0.5, 0.6) is 0 Å². The second-order valence-electron chi connectivity index (χ2n) is 8.43. The van der Waals surface area contributed by atoms with Gasteiger partial charge in [-0.1, -0.05) is 43.0 Å². The first-order valence-electron chi connectivity index (χ1n) is 9.88. The number of halogens is 1. The molecule has 1 atom stereocenters. The molecule has 1 unspecified atom stereocenters. The van der Waals surface area contributed by atoms with Crippen LogP contribution in [-0.2, 0) is 10.2 Å². The Hall–Kier alpha value is -1.06. The second-order valence-corrected chi connectivity index (χ2v) is 8.87. The summed E-state index contributed by atoms with van der Waals surface area (Å²) in [5.74, 6) is 0.543. The Morgan fingerprint density at radius 3 is 2.44 bits per heavy atom. The monoisotopic (exact) mass is 360 g/mol. The van der Waals surface area contributed by atoms with Gasteiger partial charge in [-0.3, -0.25) is 4.79 Å². The molecule has 1 heterocycles. The van der Waals surface area contributed by atoms with Crippen molar-refractivity contribution < 1.29 is 4.79 Å². The summed E-state index contributed by atoms with van der Waals surface area (Å²) in [5, 5.41) is 7.54. The van der Waals surface area contributed by atoms with Crippen LogP contribution in [0.2, 0.25) is 5.02 Å². The van der Waals surface area contributed by atoms with Crippen LogP contribution in [-0.4, -0.2) is 25.5 Å². The molecule has 4 rings (SSSR count). The first-order chi connectivity index (χ1) is 12.1. The maximum absolute atomic E-state index is 12.8. The van der Waals surface area contributed by atoms with Gasteiger partial charge in [-0.2, -0.15) is 0 Å². The van der Waals surface area contributed by atoms with E-state index in [0.29, 0.717) is 11.3 Å². The summed E-state index contributed by atoms with van der Waals surface area (Å²) >= 11 is 6.08. The quantitative estimate of drug-likeness (QED) is 0.850. The Morgan fingerprint density at radius 2 is 1.76 bits per heavy atom. The maximum Gasteiger partial charge on any atom is 0.223 e. The van der Waals surface area contributed by atoms with Crippen molar-refractivity contribution in [2.45, 2.75) is 56.8 Å². The van der Waals surface area contributed by atoms with Gasteiger partial charge in [0.15, 0.2) is 0 Å². The Labute approximate surface area is 155 Å². The minimum atomic E-state index is 0.0919. The van der Waals surface area contributed by atoms with E-state index in [1.165, 1.54) is 24.8 Å². The van der Waals surface area contributed by atoms with Gasteiger partial charge in [-0.05, 0) is 68.3 Å². The van der Waals surface area contributed by atoms with E-state index in [4.69, 9.17) is 11.6 Å². The average molecular weight is 361 g/mol. The average Bonchev–Trinajstić information content (AvgIpc) is 3.34. The van der Waals surface area contributed by atoms with E-state index in [9.17, 15) is 4.79 Å². The third kappa shape index (κ3) is 3.46. The normalized spacial score (nSPS) is 27.0. The lowest BCUT2D eigenvalue weighted by Crippen LogP contribution is -2.43. The van der Waals surface area contributed by atoms with E-state index < -0.39 is 0 Å². The Morgan fingerprint density at radius 1 is 1.08 bits per heavy atom. The fourth-order valence-corrected chi connectivity index (χ4v) is 5.30. The second kappa shape index (κ2) is 6.92. The van der Waals surface area contributed by atoms with Crippen LogP contribution in [0.4, 0.5) is 0 Å². The van der Waals surface area contributed by atoms with Crippen LogP contribution in [0.3, 0.4) is 0 Å². The van der Waals surface area contributed by atoms with Crippen molar-refractivity contribution in [2.75, 3.05) is 19.6 Å². The minimum Gasteiger partial charge on any atom is -0.355 e. The SMILES string of the molecule is O=C(NCC1(c2ccc(Cl)cc2)CCCCC1)C1CC12CCNCC2. The number of carbonyl (C=O) groups excluding carboxylic acids is 1. The molecule has 2 aliphatic carbocycles. The van der Waals surface area contributed by atoms with Crippen molar-refractivity contribution in [3.63, 3.8) is 0 Å². The van der Waals surface area contributed by atoms with Crippen molar-refractivity contribution in [3.8, 4) is 0 Å². The summed E-state index contributed by atoms with van der Waals surface area (Å²) in [7, 11) is 0. The number of piperidine rings is 1. The van der Waals surface area contributed by atoms with Crippen molar-refractivity contribution in [1.82, 2.24) is 10.6 Å². The lowest BCUT2D eigenvalue weighted by molar-refractivity contribution is -0.123. The number of amides is 1. The molecule has 2 N–H and O–H groups in total. The van der Waals surface area contributed by atoms with Gasteiger partial charge in [-0.15, -0.1) is 0 Å². The van der Waals surface area contributed by atoms with E-state index in [2.05, 4.69) is 22.8 Å². The van der Waals surface area contributed by atoms with Crippen molar-refractivity contribution in [1.29, 1.82) is 0 Å². The molecule has 4 heteroatoms. The smallest absolute Gasteiger partial charge is 0.223 e. The molecule has 1 spiro atoms. The zero-order valence-corrected chi connectivity index (χ0v) is 15.7. The molecule has 1 aliphatic heterocycles. The molecular weight excluding hydrogens is 332 g/mol. The highest BCUT2D eigenvalue weighted by atomic mass is 35.5. The Balaban J connectivity index is 1.43. The molecule has 1 aromatic carbocycles. The van der Waals surface area contributed by atoms with E-state index in [0.717, 1.165) is 56.8 Å². The van der Waals surface area contributed by atoms with Gasteiger partial charge in [0.25, 0.3) is 0 Å². The van der Waals surface area contributed by atoms with Gasteiger partial charge in [0, 0.05) is 22.9 Å². The first kappa shape index (κ1) is 17.4. The molecule has 0 bridgehead atoms. The fourth-order valence-electron chi connectivity index (χ4n) is 5.17. The molecule has 136 valence electrons. The van der Waals surface area contributed by atoms with Gasteiger partial charge < -0.3 is 10.6 Å². The molecule has 1 amide bonds. The van der Waals surface area contributed by atoms with Crippen LogP contribution < -0.4 is 10.6 Å². The summed E-state index contributed by atoms with van der Waals surface area (Å²) in [6.07, 6.45) is 9.54. The molecule has 3 aliphatic rings. The molecular formula is C21H29ClN2O. The Kier molecular flexibility index (Phi) is 4.81. The maximum atomic E-state index is 12.8. The molecule has 3 fully saturated rings. The highest BCUT2D eigenvalue weighted by Gasteiger charge is 2.57. The summed E-state index contributed by atoms with van der Waals surface area (Å²) < 4.78 is 0. The predicted molar refractivity (Wildman–Crippen MR) is 102 cm³/mol. The fraction of sp³-hybridized carbons (Fsp3) is 0.667. The first-order valence-corrected chi connectivity index (χ1v) is 10.3. The highest BCUT2D eigenvalue weighted by Crippen LogP contribution is 2.58. The lowest BCUT2D eigenvalue weighted by Gasteiger charge is -2.38. The molecule has 25 heavy (non-hydrogen) atoms. The van der Waals surface area contributed by atoms with Gasteiger partial charge in [0.1, 0.15) is 0 Å². The van der Waals surface area contributed by atoms with Crippen LogP contribution in [0.1, 0.15) is 56.9 Å². The molecule has 1 aromatic rings. The Bertz CT molecular complexity index is 615. The molecule has 2 saturated carbocycles. The number of carbonyl (C=O) groups is 1. The third-order valence-electron chi connectivity index (χ3n) is 6.97. The van der Waals surface area contributed by atoms with E-state index >= 15 is 0 Å². The summed E-state index contributed by atoms with van der Waals surface area (Å²) in [4.78, 5) is 12.8. The van der Waals surface area contributed by atoms with E-state index in [1.54, 1.807) is 0 Å². The van der Waals surface area contributed by atoms with E-state index in [-0.39, 0.29) is 11.3 Å². The lowest BCUT2D eigenvalue weighted by atomic mass is 9.69. The predicted octanol–water partition coefficient (Wildman–Crippen LogP) is 4.05. The largest absolute Gasteiger partial charge is 0.355 e. The van der Waals surface area contributed by atoms with Crippen LogP contribution in [0.25, 0.3) is 0 Å². The standard InChI is InChI=1S/C21H29ClN2O/c22-17-6-4-16(5-7-17)21(8-2-1-3-9-21)15-24-19(25)18-14-20(18)10-12-23-13-11-20/h4-7,18,23H,1-3,8-15H2,(H,24,25). The zero-order valence-electron chi connectivity index (χ0n) is 15.0. The molecule has 0 aromatic heterocycles. The van der Waals surface area contributed by atoms with Gasteiger partial charge in [-0.25, -0.2) is 0 Å². The summed E-state index contributed by atoms with van der Waals surface area (Å²) in [6.45, 7) is 2.91. The van der Waals surface area contributed by atoms with Gasteiger partial charge >= 0.3 is 0 Å². The molecule has 0 radical (unpaired) electrons. The third-order valence-corrected chi connectivity index (χ3v) is 7.23. The zero-order chi connectivity index (χ0) is 17.3. The summed E-state index contributed by atoms with van der Waals surface area (Å²) in [5.41, 5.74) is 1.74. The number of nitrogens with one attached hydrogen (secondary N) is 2. The van der Waals surface area contributed by atoms with Crippen molar-refractivity contribution in [2.24, 2.45) is 11.3 Å². The van der Waals surface area contributed by atoms with Gasteiger partial charge in [0.2, 0.25) is 5.91 Å². The van der Waals surface area contributed by atoms with Gasteiger partial charge in [0.05, 0.1) is 0 Å². The van der Waals surface area contributed by atoms with Crippen LogP contribution >= 0.6 is 11.6 Å². The van der Waals surface area contributed by atoms with Crippen molar-refractivity contribution in [3.05, 3.63) is 34.9 Å². The number of benzene rings is 1. The number of hydrogen-bond acceptors (Lipinski definition) is 2. The van der Waals surface area contributed by atoms with Crippen LogP contribution in [0.15, 0.2) is 24.3 Å².